The Labute approximate surface area is 128 Å². The molecule has 0 bridgehead atoms. The minimum atomic E-state index is 0.383. The van der Waals surface area contributed by atoms with Crippen molar-refractivity contribution >= 4 is 39.5 Å². The first kappa shape index (κ1) is 13.5. The van der Waals surface area contributed by atoms with E-state index in [9.17, 15) is 0 Å². The normalized spacial score (nSPS) is 10.5. The molecule has 3 nitrogen and oxygen atoms in total. The van der Waals surface area contributed by atoms with Gasteiger partial charge in [0.15, 0.2) is 0 Å². The molecule has 3 aromatic rings. The van der Waals surface area contributed by atoms with E-state index < -0.39 is 0 Å². The third-order valence-corrected chi connectivity index (χ3v) is 3.53. The number of pyridine rings is 1. The maximum atomic E-state index is 5.79. The zero-order valence-corrected chi connectivity index (χ0v) is 12.4. The lowest BCUT2D eigenvalue weighted by Crippen LogP contribution is -2.11. The van der Waals surface area contributed by atoms with Crippen LogP contribution < -0.4 is 11.1 Å². The molecule has 21 heavy (non-hydrogen) atoms. The lowest BCUT2D eigenvalue weighted by molar-refractivity contribution is 1.25. The molecule has 2 aromatic carbocycles. The topological polar surface area (TPSA) is 50.9 Å². The number of benzene rings is 2. The van der Waals surface area contributed by atoms with Crippen molar-refractivity contribution in [2.75, 3.05) is 5.32 Å². The number of thiocarbonyl (C=S) groups is 1. The van der Waals surface area contributed by atoms with Crippen LogP contribution in [0.4, 0.5) is 11.4 Å². The fourth-order valence-corrected chi connectivity index (χ4v) is 2.54. The molecule has 0 aliphatic carbocycles. The molecule has 0 saturated carbocycles. The van der Waals surface area contributed by atoms with E-state index >= 15 is 0 Å². The first-order valence-corrected chi connectivity index (χ1v) is 7.08. The van der Waals surface area contributed by atoms with Crippen LogP contribution in [0, 0.1) is 6.92 Å². The number of para-hydroxylation sites is 2. The summed E-state index contributed by atoms with van der Waals surface area (Å²) in [5, 5.41) is 4.50. The minimum Gasteiger partial charge on any atom is -0.389 e. The minimum absolute atomic E-state index is 0.383. The summed E-state index contributed by atoms with van der Waals surface area (Å²) in [6, 6.07) is 17.8. The quantitative estimate of drug-likeness (QED) is 0.719. The maximum absolute atomic E-state index is 5.79. The van der Waals surface area contributed by atoms with E-state index in [0.717, 1.165) is 33.5 Å². The Kier molecular flexibility index (Phi) is 3.54. The number of hydrogen-bond acceptors (Lipinski definition) is 3. The Balaban J connectivity index is 2.13. The Hall–Kier alpha value is -2.46. The van der Waals surface area contributed by atoms with Gasteiger partial charge in [-0.15, -0.1) is 0 Å². The molecule has 0 radical (unpaired) electrons. The predicted octanol–water partition coefficient (Wildman–Crippen LogP) is 3.92. The number of aromatic nitrogens is 1. The van der Waals surface area contributed by atoms with Gasteiger partial charge in [-0.3, -0.25) is 4.98 Å². The molecule has 0 aliphatic heterocycles. The summed E-state index contributed by atoms with van der Waals surface area (Å²) in [5.74, 6) is 0. The Morgan fingerprint density at radius 3 is 2.57 bits per heavy atom. The number of nitrogens with two attached hydrogens (primary N) is 1. The van der Waals surface area contributed by atoms with Crippen molar-refractivity contribution in [3.8, 4) is 0 Å². The van der Waals surface area contributed by atoms with Crippen LogP contribution in [0.5, 0.6) is 0 Å². The fourth-order valence-electron chi connectivity index (χ4n) is 2.36. The summed E-state index contributed by atoms with van der Waals surface area (Å²) in [6.45, 7) is 1.98. The van der Waals surface area contributed by atoms with E-state index in [-0.39, 0.29) is 0 Å². The number of aryl methyl sites for hydroxylation is 1. The molecular weight excluding hydrogens is 278 g/mol. The highest BCUT2D eigenvalue weighted by atomic mass is 32.1. The molecule has 0 saturated heterocycles. The lowest BCUT2D eigenvalue weighted by Gasteiger charge is -2.13. The fraction of sp³-hybridized carbons (Fsp3) is 0.0588. The molecular formula is C17H15N3S. The van der Waals surface area contributed by atoms with E-state index in [2.05, 4.69) is 10.3 Å². The van der Waals surface area contributed by atoms with Crippen LogP contribution in [0.25, 0.3) is 10.9 Å². The van der Waals surface area contributed by atoms with Gasteiger partial charge in [0, 0.05) is 28.0 Å². The average molecular weight is 293 g/mol. The first-order chi connectivity index (χ1) is 10.1. The zero-order chi connectivity index (χ0) is 14.8. The van der Waals surface area contributed by atoms with Gasteiger partial charge < -0.3 is 11.1 Å². The molecule has 1 heterocycles. The molecule has 0 atom stereocenters. The van der Waals surface area contributed by atoms with Crippen molar-refractivity contribution in [2.45, 2.75) is 6.92 Å². The van der Waals surface area contributed by atoms with Crippen molar-refractivity contribution in [1.29, 1.82) is 0 Å². The molecule has 0 spiro atoms. The third-order valence-electron chi connectivity index (χ3n) is 3.31. The number of rotatable bonds is 3. The van der Waals surface area contributed by atoms with Crippen LogP contribution in [-0.2, 0) is 0 Å². The number of hydrogen-bond donors (Lipinski definition) is 2. The summed E-state index contributed by atoms with van der Waals surface area (Å²) in [4.78, 5) is 4.93. The molecule has 0 amide bonds. The highest BCUT2D eigenvalue weighted by molar-refractivity contribution is 7.80. The van der Waals surface area contributed by atoms with E-state index in [1.807, 2.05) is 61.5 Å². The van der Waals surface area contributed by atoms with Crippen molar-refractivity contribution in [2.24, 2.45) is 5.73 Å². The summed E-state index contributed by atoms with van der Waals surface area (Å²) in [5.41, 5.74) is 10.5. The lowest BCUT2D eigenvalue weighted by atomic mass is 10.1. The van der Waals surface area contributed by atoms with Gasteiger partial charge in [-0.05, 0) is 31.2 Å². The SMILES string of the molecule is Cc1cc(Nc2ccccc2C(N)=S)c2ccccc2n1. The van der Waals surface area contributed by atoms with Crippen LogP contribution in [0.1, 0.15) is 11.3 Å². The zero-order valence-electron chi connectivity index (χ0n) is 11.6. The standard InChI is InChI=1S/C17H15N3S/c1-11-10-16(12-6-2-4-8-14(12)19-11)20-15-9-5-3-7-13(15)17(18)21/h2-10H,1H3,(H2,18,21)(H,19,20). The maximum Gasteiger partial charge on any atom is 0.106 e. The van der Waals surface area contributed by atoms with Gasteiger partial charge in [0.25, 0.3) is 0 Å². The average Bonchev–Trinajstić information content (AvgIpc) is 2.47. The Morgan fingerprint density at radius 2 is 1.76 bits per heavy atom. The van der Waals surface area contributed by atoms with Gasteiger partial charge >= 0.3 is 0 Å². The van der Waals surface area contributed by atoms with Gasteiger partial charge in [-0.1, -0.05) is 42.5 Å². The van der Waals surface area contributed by atoms with Crippen molar-refractivity contribution in [3.63, 3.8) is 0 Å². The number of fused-ring (bicyclic) bond motifs is 1. The molecule has 0 aliphatic rings. The molecule has 0 fully saturated rings. The Morgan fingerprint density at radius 1 is 1.05 bits per heavy atom. The van der Waals surface area contributed by atoms with E-state index in [4.69, 9.17) is 18.0 Å². The summed E-state index contributed by atoms with van der Waals surface area (Å²) in [7, 11) is 0. The molecule has 3 rings (SSSR count). The molecule has 1 aromatic heterocycles. The molecule has 4 heteroatoms. The van der Waals surface area contributed by atoms with Gasteiger partial charge in [-0.2, -0.15) is 0 Å². The second-order valence-corrected chi connectivity index (χ2v) is 5.30. The van der Waals surface area contributed by atoms with Gasteiger partial charge in [0.05, 0.1) is 5.52 Å². The largest absolute Gasteiger partial charge is 0.389 e. The third kappa shape index (κ3) is 2.71. The van der Waals surface area contributed by atoms with Gasteiger partial charge in [-0.25, -0.2) is 0 Å². The van der Waals surface area contributed by atoms with Crippen LogP contribution in [0.3, 0.4) is 0 Å². The highest BCUT2D eigenvalue weighted by Crippen LogP contribution is 2.27. The molecule has 104 valence electrons. The highest BCUT2D eigenvalue weighted by Gasteiger charge is 2.08. The van der Waals surface area contributed by atoms with Gasteiger partial charge in [0.1, 0.15) is 4.99 Å². The molecule has 0 unspecified atom stereocenters. The second-order valence-electron chi connectivity index (χ2n) is 4.86. The van der Waals surface area contributed by atoms with Crippen LogP contribution in [-0.4, -0.2) is 9.97 Å². The Bertz CT molecular complexity index is 827. The summed E-state index contributed by atoms with van der Waals surface area (Å²) < 4.78 is 0. The van der Waals surface area contributed by atoms with Crippen molar-refractivity contribution < 1.29 is 0 Å². The first-order valence-electron chi connectivity index (χ1n) is 6.67. The second kappa shape index (κ2) is 5.50. The summed E-state index contributed by atoms with van der Waals surface area (Å²) >= 11 is 5.11. The number of nitrogens with zero attached hydrogens (tertiary/aromatic N) is 1. The smallest absolute Gasteiger partial charge is 0.106 e. The number of nitrogens with one attached hydrogen (secondary N) is 1. The van der Waals surface area contributed by atoms with E-state index in [1.54, 1.807) is 0 Å². The number of anilines is 2. The monoisotopic (exact) mass is 293 g/mol. The van der Waals surface area contributed by atoms with Crippen molar-refractivity contribution in [3.05, 3.63) is 65.9 Å². The van der Waals surface area contributed by atoms with Crippen LogP contribution in [0.2, 0.25) is 0 Å². The van der Waals surface area contributed by atoms with Crippen LogP contribution in [0.15, 0.2) is 54.6 Å². The van der Waals surface area contributed by atoms with Crippen molar-refractivity contribution in [1.82, 2.24) is 4.98 Å². The summed E-state index contributed by atoms with van der Waals surface area (Å²) in [6.07, 6.45) is 0. The molecule has 3 N–H and O–H groups in total. The van der Waals surface area contributed by atoms with Gasteiger partial charge in [0.2, 0.25) is 0 Å². The van der Waals surface area contributed by atoms with E-state index in [0.29, 0.717) is 4.99 Å². The van der Waals surface area contributed by atoms with E-state index in [1.165, 1.54) is 0 Å². The predicted molar refractivity (Wildman–Crippen MR) is 92.1 cm³/mol. The van der Waals surface area contributed by atoms with Crippen LogP contribution >= 0.6 is 12.2 Å².